The van der Waals surface area contributed by atoms with Crippen LogP contribution in [0.2, 0.25) is 0 Å². The molecule has 0 aliphatic carbocycles. The van der Waals surface area contributed by atoms with Gasteiger partial charge in [-0.2, -0.15) is 0 Å². The van der Waals surface area contributed by atoms with Crippen LogP contribution in [0.25, 0.3) is 6.08 Å². The SMILES string of the molecule is O=C(/C=C/c1cscn1)NC(Cc1cccc(F)c1)c1cccc(F)c1. The summed E-state index contributed by atoms with van der Waals surface area (Å²) in [5.74, 6) is -1.07. The average molecular weight is 370 g/mol. The van der Waals surface area contributed by atoms with Crippen LogP contribution in [-0.2, 0) is 11.2 Å². The van der Waals surface area contributed by atoms with Crippen LogP contribution in [0.4, 0.5) is 8.78 Å². The third-order valence-electron chi connectivity index (χ3n) is 3.75. The van der Waals surface area contributed by atoms with Crippen LogP contribution in [0.5, 0.6) is 0 Å². The Morgan fingerprint density at radius 2 is 1.92 bits per heavy atom. The highest BCUT2D eigenvalue weighted by atomic mass is 32.1. The number of benzene rings is 2. The van der Waals surface area contributed by atoms with Gasteiger partial charge in [-0.25, -0.2) is 13.8 Å². The molecular weight excluding hydrogens is 354 g/mol. The number of carbonyl (C=O) groups excluding carboxylic acids is 1. The zero-order chi connectivity index (χ0) is 18.4. The van der Waals surface area contributed by atoms with E-state index in [1.807, 2.05) is 5.38 Å². The van der Waals surface area contributed by atoms with Crippen molar-refractivity contribution in [2.24, 2.45) is 0 Å². The summed E-state index contributed by atoms with van der Waals surface area (Å²) in [6.45, 7) is 0. The van der Waals surface area contributed by atoms with Gasteiger partial charge in [-0.15, -0.1) is 11.3 Å². The Bertz CT molecular complexity index is 910. The van der Waals surface area contributed by atoms with Crippen molar-refractivity contribution in [2.75, 3.05) is 0 Å². The molecule has 2 aromatic carbocycles. The van der Waals surface area contributed by atoms with Gasteiger partial charge < -0.3 is 5.32 Å². The highest BCUT2D eigenvalue weighted by Crippen LogP contribution is 2.20. The summed E-state index contributed by atoms with van der Waals surface area (Å²) in [6, 6.07) is 11.7. The van der Waals surface area contributed by atoms with Crippen molar-refractivity contribution >= 4 is 23.3 Å². The number of amides is 1. The first kappa shape index (κ1) is 17.9. The lowest BCUT2D eigenvalue weighted by atomic mass is 9.98. The van der Waals surface area contributed by atoms with Gasteiger partial charge in [0.1, 0.15) is 11.6 Å². The van der Waals surface area contributed by atoms with Gasteiger partial charge in [-0.3, -0.25) is 4.79 Å². The van der Waals surface area contributed by atoms with E-state index in [0.717, 1.165) is 0 Å². The third-order valence-corrected chi connectivity index (χ3v) is 4.36. The Hall–Kier alpha value is -2.86. The first-order chi connectivity index (χ1) is 12.6. The number of nitrogens with one attached hydrogen (secondary N) is 1. The fourth-order valence-corrected chi connectivity index (χ4v) is 3.08. The lowest BCUT2D eigenvalue weighted by Crippen LogP contribution is -2.28. The quantitative estimate of drug-likeness (QED) is 0.648. The Morgan fingerprint density at radius 1 is 1.15 bits per heavy atom. The molecular formula is C20H16F2N2OS. The molecule has 0 bridgehead atoms. The van der Waals surface area contributed by atoms with Crippen LogP contribution in [-0.4, -0.2) is 10.9 Å². The Kier molecular flexibility index (Phi) is 5.86. The fourth-order valence-electron chi connectivity index (χ4n) is 2.56. The minimum Gasteiger partial charge on any atom is -0.345 e. The highest BCUT2D eigenvalue weighted by molar-refractivity contribution is 7.07. The number of nitrogens with zero attached hydrogens (tertiary/aromatic N) is 1. The van der Waals surface area contributed by atoms with Crippen LogP contribution >= 0.6 is 11.3 Å². The van der Waals surface area contributed by atoms with E-state index in [9.17, 15) is 13.6 Å². The van der Waals surface area contributed by atoms with Crippen LogP contribution in [0.3, 0.4) is 0 Å². The normalized spacial score (nSPS) is 12.2. The number of rotatable bonds is 6. The summed E-state index contributed by atoms with van der Waals surface area (Å²) in [6.07, 6.45) is 3.33. The van der Waals surface area contributed by atoms with Gasteiger partial charge in [0.15, 0.2) is 0 Å². The molecule has 1 atom stereocenters. The lowest BCUT2D eigenvalue weighted by molar-refractivity contribution is -0.117. The molecule has 0 aliphatic heterocycles. The third kappa shape index (κ3) is 5.07. The van der Waals surface area contributed by atoms with Crippen LogP contribution in [0, 0.1) is 11.6 Å². The number of hydrogen-bond donors (Lipinski definition) is 1. The second-order valence-corrected chi connectivity index (χ2v) is 6.42. The van der Waals surface area contributed by atoms with Crippen molar-refractivity contribution in [2.45, 2.75) is 12.5 Å². The molecule has 1 heterocycles. The van der Waals surface area contributed by atoms with E-state index in [4.69, 9.17) is 0 Å². The summed E-state index contributed by atoms with van der Waals surface area (Å²) in [7, 11) is 0. The van der Waals surface area contributed by atoms with Gasteiger partial charge in [0.2, 0.25) is 5.91 Å². The Morgan fingerprint density at radius 3 is 2.62 bits per heavy atom. The molecule has 6 heteroatoms. The summed E-state index contributed by atoms with van der Waals surface area (Å²) in [5, 5.41) is 4.67. The van der Waals surface area contributed by atoms with E-state index in [1.165, 1.54) is 41.7 Å². The summed E-state index contributed by atoms with van der Waals surface area (Å²) in [4.78, 5) is 16.3. The maximum absolute atomic E-state index is 13.6. The van der Waals surface area contributed by atoms with Crippen molar-refractivity contribution in [3.05, 3.63) is 94.0 Å². The van der Waals surface area contributed by atoms with Crippen molar-refractivity contribution in [3.8, 4) is 0 Å². The second-order valence-electron chi connectivity index (χ2n) is 5.70. The van der Waals surface area contributed by atoms with Gasteiger partial charge in [0.25, 0.3) is 0 Å². The van der Waals surface area contributed by atoms with E-state index in [-0.39, 0.29) is 17.5 Å². The summed E-state index contributed by atoms with van der Waals surface area (Å²) >= 11 is 1.44. The monoisotopic (exact) mass is 370 g/mol. The van der Waals surface area contributed by atoms with Crippen LogP contribution < -0.4 is 5.32 Å². The van der Waals surface area contributed by atoms with Gasteiger partial charge in [0, 0.05) is 11.5 Å². The number of halogens is 2. The van der Waals surface area contributed by atoms with Gasteiger partial charge >= 0.3 is 0 Å². The second kappa shape index (κ2) is 8.49. The maximum atomic E-state index is 13.6. The van der Waals surface area contributed by atoms with E-state index >= 15 is 0 Å². The molecule has 3 aromatic rings. The zero-order valence-electron chi connectivity index (χ0n) is 13.7. The van der Waals surface area contributed by atoms with E-state index in [1.54, 1.807) is 35.9 Å². The van der Waals surface area contributed by atoms with Crippen LogP contribution in [0.15, 0.2) is 65.5 Å². The minimum absolute atomic E-state index is 0.330. The van der Waals surface area contributed by atoms with Gasteiger partial charge in [0.05, 0.1) is 17.2 Å². The molecule has 1 N–H and O–H groups in total. The molecule has 132 valence electrons. The topological polar surface area (TPSA) is 42.0 Å². The molecule has 0 aliphatic rings. The average Bonchev–Trinajstić information content (AvgIpc) is 3.13. The molecule has 26 heavy (non-hydrogen) atoms. The molecule has 3 rings (SSSR count). The largest absolute Gasteiger partial charge is 0.345 e. The summed E-state index contributed by atoms with van der Waals surface area (Å²) < 4.78 is 27.1. The molecule has 1 amide bonds. The number of aromatic nitrogens is 1. The highest BCUT2D eigenvalue weighted by Gasteiger charge is 2.15. The molecule has 0 saturated heterocycles. The van der Waals surface area contributed by atoms with E-state index in [0.29, 0.717) is 23.2 Å². The summed E-state index contributed by atoms with van der Waals surface area (Å²) in [5.41, 5.74) is 3.70. The molecule has 3 nitrogen and oxygen atoms in total. The molecule has 1 aromatic heterocycles. The number of thiazole rings is 1. The van der Waals surface area contributed by atoms with Gasteiger partial charge in [-0.1, -0.05) is 24.3 Å². The van der Waals surface area contributed by atoms with E-state index < -0.39 is 6.04 Å². The lowest BCUT2D eigenvalue weighted by Gasteiger charge is -2.19. The van der Waals surface area contributed by atoms with Crippen molar-refractivity contribution in [1.29, 1.82) is 0 Å². The number of carbonyl (C=O) groups is 1. The molecule has 0 fully saturated rings. The first-order valence-corrected chi connectivity index (χ1v) is 8.91. The van der Waals surface area contributed by atoms with Crippen molar-refractivity contribution in [3.63, 3.8) is 0 Å². The molecule has 0 radical (unpaired) electrons. The van der Waals surface area contributed by atoms with Crippen LogP contribution in [0.1, 0.15) is 22.9 Å². The fraction of sp³-hybridized carbons (Fsp3) is 0.100. The maximum Gasteiger partial charge on any atom is 0.244 e. The predicted molar refractivity (Wildman–Crippen MR) is 98.5 cm³/mol. The molecule has 0 spiro atoms. The predicted octanol–water partition coefficient (Wildman–Crippen LogP) is 4.53. The van der Waals surface area contributed by atoms with Crippen molar-refractivity contribution < 1.29 is 13.6 Å². The van der Waals surface area contributed by atoms with E-state index in [2.05, 4.69) is 10.3 Å². The Balaban J connectivity index is 1.79. The van der Waals surface area contributed by atoms with Gasteiger partial charge in [-0.05, 0) is 47.9 Å². The smallest absolute Gasteiger partial charge is 0.244 e. The molecule has 1 unspecified atom stereocenters. The number of hydrogen-bond acceptors (Lipinski definition) is 3. The Labute approximate surface area is 154 Å². The molecule has 0 saturated carbocycles. The zero-order valence-corrected chi connectivity index (χ0v) is 14.5. The van der Waals surface area contributed by atoms with Crippen molar-refractivity contribution in [1.82, 2.24) is 10.3 Å². The standard InChI is InChI=1S/C20H16F2N2OS/c21-16-5-1-3-14(9-16)10-19(15-4-2-6-17(22)11-15)24-20(25)8-7-18-12-26-13-23-18/h1-9,11-13,19H,10H2,(H,24,25)/b8-7+. The first-order valence-electron chi connectivity index (χ1n) is 7.97. The minimum atomic E-state index is -0.486.